The number of methoxy groups -OCH3 is 2. The fraction of sp³-hybridized carbons (Fsp3) is 0.200. The summed E-state index contributed by atoms with van der Waals surface area (Å²) in [5, 5.41) is 3.97. The smallest absolute Gasteiger partial charge is 0.333 e. The van der Waals surface area contributed by atoms with Crippen molar-refractivity contribution in [2.24, 2.45) is 0 Å². The number of carbonyl (C=O) groups is 1. The van der Waals surface area contributed by atoms with Crippen LogP contribution >= 0.6 is 11.6 Å². The van der Waals surface area contributed by atoms with Crippen LogP contribution in [0.5, 0.6) is 0 Å². The van der Waals surface area contributed by atoms with Gasteiger partial charge < -0.3 is 19.2 Å². The van der Waals surface area contributed by atoms with Crippen LogP contribution in [0.25, 0.3) is 16.9 Å². The van der Waals surface area contributed by atoms with Crippen LogP contribution in [0.4, 0.5) is 0 Å². The SMILES string of the molecule is COC(=O)/C=C(/CNCc1c(-c2ccc(Cl)cc2)nc2ccccn12)OC. The Balaban J connectivity index is 1.86. The highest BCUT2D eigenvalue weighted by atomic mass is 35.5. The van der Waals surface area contributed by atoms with Gasteiger partial charge in [0.15, 0.2) is 0 Å². The third kappa shape index (κ3) is 4.48. The van der Waals surface area contributed by atoms with Gasteiger partial charge in [-0.2, -0.15) is 0 Å². The molecule has 0 bridgehead atoms. The molecule has 2 heterocycles. The Bertz CT molecular complexity index is 964. The van der Waals surface area contributed by atoms with Gasteiger partial charge in [0.1, 0.15) is 11.4 Å². The van der Waals surface area contributed by atoms with Crippen molar-refractivity contribution in [3.8, 4) is 11.3 Å². The van der Waals surface area contributed by atoms with Crippen molar-refractivity contribution in [2.75, 3.05) is 20.8 Å². The number of nitrogens with zero attached hydrogens (tertiary/aromatic N) is 2. The molecule has 0 amide bonds. The lowest BCUT2D eigenvalue weighted by molar-refractivity contribution is -0.135. The molecule has 0 atom stereocenters. The van der Waals surface area contributed by atoms with E-state index in [1.165, 1.54) is 20.3 Å². The van der Waals surface area contributed by atoms with E-state index in [4.69, 9.17) is 21.3 Å². The minimum absolute atomic E-state index is 0.381. The molecule has 1 aromatic carbocycles. The maximum atomic E-state index is 11.4. The lowest BCUT2D eigenvalue weighted by Gasteiger charge is -2.10. The number of ether oxygens (including phenoxy) is 2. The maximum absolute atomic E-state index is 11.4. The van der Waals surface area contributed by atoms with Crippen molar-refractivity contribution in [1.82, 2.24) is 14.7 Å². The molecule has 7 heteroatoms. The average Bonchev–Trinajstić information content (AvgIpc) is 3.06. The molecule has 3 aromatic rings. The molecule has 0 unspecified atom stereocenters. The lowest BCUT2D eigenvalue weighted by atomic mass is 10.1. The Morgan fingerprint density at radius 3 is 2.67 bits per heavy atom. The predicted molar refractivity (Wildman–Crippen MR) is 104 cm³/mol. The number of rotatable bonds is 7. The molecule has 1 N–H and O–H groups in total. The van der Waals surface area contributed by atoms with Crippen LogP contribution in [0.15, 0.2) is 60.5 Å². The molecule has 27 heavy (non-hydrogen) atoms. The molecule has 2 aromatic heterocycles. The summed E-state index contributed by atoms with van der Waals surface area (Å²) < 4.78 is 11.9. The number of nitrogens with one attached hydrogen (secondary N) is 1. The Morgan fingerprint density at radius 2 is 1.96 bits per heavy atom. The van der Waals surface area contributed by atoms with Crippen LogP contribution in [-0.4, -0.2) is 36.1 Å². The zero-order valence-corrected chi connectivity index (χ0v) is 15.9. The van der Waals surface area contributed by atoms with Gasteiger partial charge in [-0.1, -0.05) is 29.8 Å². The van der Waals surface area contributed by atoms with E-state index in [0.29, 0.717) is 23.9 Å². The molecule has 0 aliphatic rings. The molecule has 0 saturated carbocycles. The van der Waals surface area contributed by atoms with E-state index < -0.39 is 5.97 Å². The molecule has 0 spiro atoms. The Kier molecular flexibility index (Phi) is 6.11. The zero-order valence-electron chi connectivity index (χ0n) is 15.1. The summed E-state index contributed by atoms with van der Waals surface area (Å²) in [5.74, 6) is 0.0361. The fourth-order valence-corrected chi connectivity index (χ4v) is 2.86. The first kappa shape index (κ1) is 18.9. The summed E-state index contributed by atoms with van der Waals surface area (Å²) in [6.45, 7) is 0.913. The second kappa shape index (κ2) is 8.70. The van der Waals surface area contributed by atoms with Crippen LogP contribution in [0.1, 0.15) is 5.69 Å². The molecule has 0 aliphatic heterocycles. The predicted octanol–water partition coefficient (Wildman–Crippen LogP) is 3.45. The topological polar surface area (TPSA) is 64.9 Å². The van der Waals surface area contributed by atoms with E-state index in [9.17, 15) is 4.79 Å². The van der Waals surface area contributed by atoms with Crippen molar-refractivity contribution in [2.45, 2.75) is 6.54 Å². The van der Waals surface area contributed by atoms with Crippen molar-refractivity contribution < 1.29 is 14.3 Å². The monoisotopic (exact) mass is 385 g/mol. The first-order valence-corrected chi connectivity index (χ1v) is 8.75. The van der Waals surface area contributed by atoms with Crippen molar-refractivity contribution in [3.05, 3.63) is 71.2 Å². The van der Waals surface area contributed by atoms with Crippen molar-refractivity contribution in [3.63, 3.8) is 0 Å². The van der Waals surface area contributed by atoms with Crippen LogP contribution in [-0.2, 0) is 20.8 Å². The third-order valence-electron chi connectivity index (χ3n) is 4.08. The van der Waals surface area contributed by atoms with Gasteiger partial charge in [-0.25, -0.2) is 9.78 Å². The van der Waals surface area contributed by atoms with E-state index in [-0.39, 0.29) is 0 Å². The molecule has 3 rings (SSSR count). The minimum Gasteiger partial charge on any atom is -0.499 e. The summed E-state index contributed by atoms with van der Waals surface area (Å²) in [6.07, 6.45) is 3.29. The molecule has 0 fully saturated rings. The van der Waals surface area contributed by atoms with E-state index >= 15 is 0 Å². The second-order valence-corrected chi connectivity index (χ2v) is 6.22. The van der Waals surface area contributed by atoms with E-state index in [2.05, 4.69) is 10.1 Å². The highest BCUT2D eigenvalue weighted by Crippen LogP contribution is 2.25. The maximum Gasteiger partial charge on any atom is 0.333 e. The standard InChI is InChI=1S/C20H20ClN3O3/c1-26-16(11-19(25)27-2)12-22-13-17-20(14-6-8-15(21)9-7-14)23-18-5-3-4-10-24(17)18/h3-11,22H,12-13H2,1-2H3/b16-11-. The number of carbonyl (C=O) groups excluding carboxylic acids is 1. The third-order valence-corrected chi connectivity index (χ3v) is 4.33. The van der Waals surface area contributed by atoms with Gasteiger partial charge in [0.25, 0.3) is 0 Å². The van der Waals surface area contributed by atoms with Gasteiger partial charge in [-0.05, 0) is 24.3 Å². The Morgan fingerprint density at radius 1 is 1.19 bits per heavy atom. The van der Waals surface area contributed by atoms with Gasteiger partial charge in [0.2, 0.25) is 0 Å². The molecule has 0 saturated heterocycles. The largest absolute Gasteiger partial charge is 0.499 e. The highest BCUT2D eigenvalue weighted by Gasteiger charge is 2.14. The fourth-order valence-electron chi connectivity index (χ4n) is 2.73. The Hall–Kier alpha value is -2.83. The average molecular weight is 386 g/mol. The minimum atomic E-state index is -0.453. The molecular weight excluding hydrogens is 366 g/mol. The highest BCUT2D eigenvalue weighted by molar-refractivity contribution is 6.30. The lowest BCUT2D eigenvalue weighted by Crippen LogP contribution is -2.19. The summed E-state index contributed by atoms with van der Waals surface area (Å²) in [7, 11) is 2.85. The van der Waals surface area contributed by atoms with Crippen molar-refractivity contribution >= 4 is 23.2 Å². The number of esters is 1. The van der Waals surface area contributed by atoms with Gasteiger partial charge in [0, 0.05) is 23.3 Å². The quantitative estimate of drug-likeness (QED) is 0.383. The van der Waals surface area contributed by atoms with E-state index in [1.807, 2.05) is 53.1 Å². The molecule has 0 aliphatic carbocycles. The summed E-state index contributed by atoms with van der Waals surface area (Å²) in [4.78, 5) is 16.1. The van der Waals surface area contributed by atoms with Gasteiger partial charge in [-0.15, -0.1) is 0 Å². The normalized spacial score (nSPS) is 11.6. The number of hydrogen-bond donors (Lipinski definition) is 1. The number of aromatic nitrogens is 2. The van der Waals surface area contributed by atoms with Gasteiger partial charge in [-0.3, -0.25) is 0 Å². The first-order chi connectivity index (χ1) is 13.1. The van der Waals surface area contributed by atoms with E-state index in [0.717, 1.165) is 22.6 Å². The van der Waals surface area contributed by atoms with Crippen molar-refractivity contribution in [1.29, 1.82) is 0 Å². The number of benzene rings is 1. The van der Waals surface area contributed by atoms with Crippen LogP contribution in [0.3, 0.4) is 0 Å². The zero-order chi connectivity index (χ0) is 19.2. The molecular formula is C20H20ClN3O3. The van der Waals surface area contributed by atoms with Crippen LogP contribution in [0.2, 0.25) is 5.02 Å². The number of imidazole rings is 1. The van der Waals surface area contributed by atoms with Crippen LogP contribution < -0.4 is 5.32 Å². The van der Waals surface area contributed by atoms with Gasteiger partial charge in [0.05, 0.1) is 38.2 Å². The number of pyridine rings is 1. The molecule has 0 radical (unpaired) electrons. The molecule has 140 valence electrons. The summed E-state index contributed by atoms with van der Waals surface area (Å²) in [6, 6.07) is 13.5. The van der Waals surface area contributed by atoms with Gasteiger partial charge >= 0.3 is 5.97 Å². The molecule has 6 nitrogen and oxygen atoms in total. The second-order valence-electron chi connectivity index (χ2n) is 5.78. The summed E-state index contributed by atoms with van der Waals surface area (Å²) >= 11 is 6.01. The Labute approximate surface area is 162 Å². The van der Waals surface area contributed by atoms with E-state index in [1.54, 1.807) is 0 Å². The van der Waals surface area contributed by atoms with Crippen LogP contribution in [0, 0.1) is 0 Å². The summed E-state index contributed by atoms with van der Waals surface area (Å²) in [5.41, 5.74) is 3.72. The number of halogens is 1. The first-order valence-electron chi connectivity index (χ1n) is 8.37. The number of hydrogen-bond acceptors (Lipinski definition) is 5. The number of fused-ring (bicyclic) bond motifs is 1.